The fourth-order valence-corrected chi connectivity index (χ4v) is 1.50. The molecule has 1 aromatic carbocycles. The first-order valence-electron chi connectivity index (χ1n) is 5.27. The van der Waals surface area contributed by atoms with Crippen molar-refractivity contribution in [3.8, 4) is 5.75 Å². The summed E-state index contributed by atoms with van der Waals surface area (Å²) in [6.45, 7) is 6.15. The normalized spacial score (nSPS) is 11.1. The molecule has 0 aliphatic carbocycles. The van der Waals surface area contributed by atoms with E-state index in [1.165, 1.54) is 0 Å². The van der Waals surface area contributed by atoms with Crippen LogP contribution in [-0.2, 0) is 10.2 Å². The minimum atomic E-state index is -0.402. The second-order valence-corrected chi connectivity index (χ2v) is 5.16. The Morgan fingerprint density at radius 1 is 1.47 bits per heavy atom. The number of hydrazine groups is 1. The van der Waals surface area contributed by atoms with E-state index in [4.69, 9.17) is 22.2 Å². The molecular weight excluding hydrogens is 240 g/mol. The molecule has 0 saturated carbocycles. The number of amides is 1. The molecule has 1 rings (SSSR count). The van der Waals surface area contributed by atoms with Gasteiger partial charge in [-0.1, -0.05) is 38.4 Å². The number of hydrogen-bond donors (Lipinski definition) is 2. The number of nitrogens with two attached hydrogens (primary N) is 1. The van der Waals surface area contributed by atoms with Gasteiger partial charge in [-0.3, -0.25) is 10.2 Å². The lowest BCUT2D eigenvalue weighted by Gasteiger charge is -2.20. The van der Waals surface area contributed by atoms with Crippen LogP contribution in [0.3, 0.4) is 0 Å². The average Bonchev–Trinajstić information content (AvgIpc) is 2.25. The van der Waals surface area contributed by atoms with E-state index in [-0.39, 0.29) is 12.0 Å². The van der Waals surface area contributed by atoms with Crippen LogP contribution in [0.1, 0.15) is 26.3 Å². The number of carbonyl (C=O) groups is 1. The molecule has 1 aromatic rings. The van der Waals surface area contributed by atoms with Crippen molar-refractivity contribution in [3.63, 3.8) is 0 Å². The van der Waals surface area contributed by atoms with Gasteiger partial charge in [-0.25, -0.2) is 5.84 Å². The molecule has 0 atom stereocenters. The van der Waals surface area contributed by atoms with Gasteiger partial charge < -0.3 is 4.74 Å². The summed E-state index contributed by atoms with van der Waals surface area (Å²) in [7, 11) is 0. The molecule has 94 valence electrons. The van der Waals surface area contributed by atoms with Crippen molar-refractivity contribution in [3.05, 3.63) is 28.8 Å². The fourth-order valence-electron chi connectivity index (χ4n) is 1.27. The van der Waals surface area contributed by atoms with Crippen molar-refractivity contribution in [2.45, 2.75) is 26.2 Å². The summed E-state index contributed by atoms with van der Waals surface area (Å²) < 4.78 is 5.23. The van der Waals surface area contributed by atoms with Gasteiger partial charge >= 0.3 is 0 Å². The number of carbonyl (C=O) groups excluding carboxylic acids is 1. The first kappa shape index (κ1) is 13.8. The number of hydrogen-bond acceptors (Lipinski definition) is 3. The highest BCUT2D eigenvalue weighted by Gasteiger charge is 2.15. The second-order valence-electron chi connectivity index (χ2n) is 4.75. The molecule has 4 nitrogen and oxygen atoms in total. The lowest BCUT2D eigenvalue weighted by molar-refractivity contribution is -0.123. The van der Waals surface area contributed by atoms with Crippen LogP contribution in [0.5, 0.6) is 5.75 Å². The van der Waals surface area contributed by atoms with Crippen molar-refractivity contribution in [2.75, 3.05) is 6.61 Å². The minimum absolute atomic E-state index is 0.0246. The molecule has 0 aromatic heterocycles. The minimum Gasteiger partial charge on any atom is -0.482 e. The Balaban J connectivity index is 2.80. The molecule has 0 radical (unpaired) electrons. The van der Waals surface area contributed by atoms with Crippen LogP contribution in [-0.4, -0.2) is 12.5 Å². The van der Waals surface area contributed by atoms with E-state index in [0.29, 0.717) is 10.8 Å². The Morgan fingerprint density at radius 2 is 2.12 bits per heavy atom. The van der Waals surface area contributed by atoms with Crippen molar-refractivity contribution >= 4 is 17.5 Å². The van der Waals surface area contributed by atoms with Crippen LogP contribution >= 0.6 is 11.6 Å². The number of benzene rings is 1. The lowest BCUT2D eigenvalue weighted by atomic mass is 9.87. The maximum absolute atomic E-state index is 10.9. The van der Waals surface area contributed by atoms with Gasteiger partial charge in [0.05, 0.1) is 5.02 Å². The summed E-state index contributed by atoms with van der Waals surface area (Å²) in [6, 6.07) is 5.53. The fraction of sp³-hybridized carbons (Fsp3) is 0.417. The third kappa shape index (κ3) is 3.91. The van der Waals surface area contributed by atoms with Gasteiger partial charge in [-0.2, -0.15) is 0 Å². The second kappa shape index (κ2) is 5.38. The standard InChI is InChI=1S/C12H17ClN2O2/c1-12(2,3)8-4-5-10(9(13)6-8)17-7-11(16)15-14/h4-6H,7,14H2,1-3H3,(H,15,16). The zero-order chi connectivity index (χ0) is 13.1. The SMILES string of the molecule is CC(C)(C)c1ccc(OCC(=O)NN)c(Cl)c1. The highest BCUT2D eigenvalue weighted by Crippen LogP contribution is 2.31. The Labute approximate surface area is 106 Å². The lowest BCUT2D eigenvalue weighted by Crippen LogP contribution is -2.34. The van der Waals surface area contributed by atoms with Crippen LogP contribution < -0.4 is 16.0 Å². The van der Waals surface area contributed by atoms with Crippen LogP contribution in [0.15, 0.2) is 18.2 Å². The average molecular weight is 257 g/mol. The Hall–Kier alpha value is -1.26. The summed E-state index contributed by atoms with van der Waals surface area (Å²) >= 11 is 6.07. The van der Waals surface area contributed by atoms with Gasteiger partial charge in [0.1, 0.15) is 5.75 Å². The van der Waals surface area contributed by atoms with E-state index in [0.717, 1.165) is 5.56 Å². The van der Waals surface area contributed by atoms with Gasteiger partial charge in [0.25, 0.3) is 5.91 Å². The largest absolute Gasteiger partial charge is 0.482 e. The van der Waals surface area contributed by atoms with Crippen molar-refractivity contribution in [2.24, 2.45) is 5.84 Å². The zero-order valence-corrected chi connectivity index (χ0v) is 11.0. The predicted octanol–water partition coefficient (Wildman–Crippen LogP) is 2.01. The van der Waals surface area contributed by atoms with Gasteiger partial charge in [0, 0.05) is 0 Å². The monoisotopic (exact) mass is 256 g/mol. The number of rotatable bonds is 3. The highest BCUT2D eigenvalue weighted by atomic mass is 35.5. The van der Waals surface area contributed by atoms with Gasteiger partial charge in [0.2, 0.25) is 0 Å². The summed E-state index contributed by atoms with van der Waals surface area (Å²) in [4.78, 5) is 10.9. The smallest absolute Gasteiger partial charge is 0.271 e. The molecule has 0 spiro atoms. The predicted molar refractivity (Wildman–Crippen MR) is 68.0 cm³/mol. The molecule has 0 unspecified atom stereocenters. The van der Waals surface area contributed by atoms with E-state index < -0.39 is 5.91 Å². The molecule has 0 heterocycles. The maximum atomic E-state index is 10.9. The summed E-state index contributed by atoms with van der Waals surface area (Å²) in [5.41, 5.74) is 3.12. The Bertz CT molecular complexity index is 413. The quantitative estimate of drug-likeness (QED) is 0.494. The Kier molecular flexibility index (Phi) is 4.37. The van der Waals surface area contributed by atoms with E-state index in [2.05, 4.69) is 20.8 Å². The summed E-state index contributed by atoms with van der Waals surface area (Å²) in [5, 5.41) is 0.488. The first-order valence-corrected chi connectivity index (χ1v) is 5.64. The van der Waals surface area contributed by atoms with E-state index in [1.54, 1.807) is 6.07 Å². The van der Waals surface area contributed by atoms with Gasteiger partial charge in [-0.05, 0) is 23.1 Å². The topological polar surface area (TPSA) is 64.3 Å². The molecule has 0 aliphatic heterocycles. The number of halogens is 1. The Morgan fingerprint density at radius 3 is 2.59 bits per heavy atom. The molecule has 3 N–H and O–H groups in total. The van der Waals surface area contributed by atoms with Crippen LogP contribution in [0, 0.1) is 0 Å². The highest BCUT2D eigenvalue weighted by molar-refractivity contribution is 6.32. The third-order valence-electron chi connectivity index (χ3n) is 2.32. The molecule has 5 heteroatoms. The molecule has 1 amide bonds. The van der Waals surface area contributed by atoms with Gasteiger partial charge in [0.15, 0.2) is 6.61 Å². The molecule has 0 aliphatic rings. The molecule has 0 saturated heterocycles. The summed E-state index contributed by atoms with van der Waals surface area (Å²) in [5.74, 6) is 5.02. The van der Waals surface area contributed by atoms with Crippen molar-refractivity contribution in [1.29, 1.82) is 0 Å². The molecule has 17 heavy (non-hydrogen) atoms. The molecular formula is C12H17ClN2O2. The van der Waals surface area contributed by atoms with Crippen molar-refractivity contribution in [1.82, 2.24) is 5.43 Å². The third-order valence-corrected chi connectivity index (χ3v) is 2.61. The van der Waals surface area contributed by atoms with Crippen molar-refractivity contribution < 1.29 is 9.53 Å². The van der Waals surface area contributed by atoms with Crippen LogP contribution in [0.2, 0.25) is 5.02 Å². The first-order chi connectivity index (χ1) is 7.84. The number of ether oxygens (including phenoxy) is 1. The van der Waals surface area contributed by atoms with E-state index in [9.17, 15) is 4.79 Å². The van der Waals surface area contributed by atoms with Crippen LogP contribution in [0.25, 0.3) is 0 Å². The maximum Gasteiger partial charge on any atom is 0.271 e. The molecule has 0 fully saturated rings. The van der Waals surface area contributed by atoms with E-state index in [1.807, 2.05) is 17.6 Å². The zero-order valence-electron chi connectivity index (χ0n) is 10.2. The number of nitrogens with one attached hydrogen (secondary N) is 1. The van der Waals surface area contributed by atoms with E-state index >= 15 is 0 Å². The van der Waals surface area contributed by atoms with Crippen LogP contribution in [0.4, 0.5) is 0 Å². The molecule has 0 bridgehead atoms. The summed E-state index contributed by atoms with van der Waals surface area (Å²) in [6.07, 6.45) is 0. The van der Waals surface area contributed by atoms with Gasteiger partial charge in [-0.15, -0.1) is 0 Å².